The number of fused-ring (bicyclic) bond motifs is 12. The summed E-state index contributed by atoms with van der Waals surface area (Å²) in [5.74, 6) is 0. The predicted octanol–water partition coefficient (Wildman–Crippen LogP) is 17.3. The van der Waals surface area contributed by atoms with Gasteiger partial charge in [-0.2, -0.15) is 0 Å². The zero-order valence-corrected chi connectivity index (χ0v) is 37.7. The van der Waals surface area contributed by atoms with Crippen LogP contribution < -0.4 is 4.90 Å². The second-order valence-corrected chi connectivity index (χ2v) is 19.5. The summed E-state index contributed by atoms with van der Waals surface area (Å²) in [6, 6.07) is 88.3. The van der Waals surface area contributed by atoms with E-state index in [1.165, 1.54) is 98.8 Å². The van der Waals surface area contributed by atoms with Gasteiger partial charge in [0.15, 0.2) is 0 Å². The summed E-state index contributed by atoms with van der Waals surface area (Å²) in [6.07, 6.45) is 0. The van der Waals surface area contributed by atoms with Gasteiger partial charge >= 0.3 is 0 Å². The van der Waals surface area contributed by atoms with E-state index in [4.69, 9.17) is 0 Å². The highest BCUT2D eigenvalue weighted by molar-refractivity contribution is 7.99. The second kappa shape index (κ2) is 15.0. The Labute approximate surface area is 391 Å². The van der Waals surface area contributed by atoms with E-state index in [2.05, 4.69) is 255 Å². The van der Waals surface area contributed by atoms with Gasteiger partial charge in [0.1, 0.15) is 0 Å². The van der Waals surface area contributed by atoms with Crippen LogP contribution in [-0.2, 0) is 10.8 Å². The monoisotopic (exact) mass is 859 g/mol. The van der Waals surface area contributed by atoms with Crippen molar-refractivity contribution in [1.82, 2.24) is 0 Å². The molecule has 2 aliphatic carbocycles. The maximum atomic E-state index is 2.50. The number of para-hydroxylation sites is 1. The standard InChI is InChI=1S/C64H45NS/c1-63(2)55-27-14-12-23-51(55)53-36-35-49(41-57(53)63)65(47-21-10-5-11-22-47)48-33-29-44(30-34-48)50-25-16-26-54-52-24-13-15-28-56(52)64(62(50)54)58-39-45(42-17-6-3-7-18-42)31-37-60(58)66-61-38-32-46(40-59(61)64)43-19-8-4-9-20-43/h3-41H,1-2H3. The summed E-state index contributed by atoms with van der Waals surface area (Å²) in [5.41, 5.74) is 23.4. The van der Waals surface area contributed by atoms with Gasteiger partial charge < -0.3 is 4.90 Å². The molecule has 66 heavy (non-hydrogen) atoms. The number of hydrogen-bond donors (Lipinski definition) is 0. The lowest BCUT2D eigenvalue weighted by Gasteiger charge is -2.41. The lowest BCUT2D eigenvalue weighted by atomic mass is 9.65. The average Bonchev–Trinajstić information content (AvgIpc) is 3.80. The summed E-state index contributed by atoms with van der Waals surface area (Å²) < 4.78 is 0. The van der Waals surface area contributed by atoms with E-state index in [9.17, 15) is 0 Å². The van der Waals surface area contributed by atoms with Gasteiger partial charge in [-0.05, 0) is 150 Å². The van der Waals surface area contributed by atoms with Crippen molar-refractivity contribution in [2.24, 2.45) is 0 Å². The van der Waals surface area contributed by atoms with E-state index in [0.29, 0.717) is 0 Å². The molecule has 0 unspecified atom stereocenters. The zero-order valence-electron chi connectivity index (χ0n) is 36.9. The Morgan fingerprint density at radius 3 is 1.41 bits per heavy atom. The number of rotatable bonds is 6. The molecule has 13 rings (SSSR count). The third-order valence-electron chi connectivity index (χ3n) is 14.5. The predicted molar refractivity (Wildman–Crippen MR) is 276 cm³/mol. The molecule has 0 fully saturated rings. The van der Waals surface area contributed by atoms with Gasteiger partial charge in [0.25, 0.3) is 0 Å². The highest BCUT2D eigenvalue weighted by Gasteiger charge is 2.52. The molecule has 0 aromatic heterocycles. The first kappa shape index (κ1) is 38.8. The summed E-state index contributed by atoms with van der Waals surface area (Å²) in [7, 11) is 0. The smallest absolute Gasteiger partial charge is 0.0741 e. The molecule has 3 aliphatic rings. The first-order valence-electron chi connectivity index (χ1n) is 23.0. The molecule has 1 nitrogen and oxygen atoms in total. The van der Waals surface area contributed by atoms with Crippen LogP contribution in [0.5, 0.6) is 0 Å². The van der Waals surface area contributed by atoms with Crippen molar-refractivity contribution < 1.29 is 0 Å². The van der Waals surface area contributed by atoms with Gasteiger partial charge in [-0.1, -0.05) is 202 Å². The molecular weight excluding hydrogens is 815 g/mol. The molecule has 1 aliphatic heterocycles. The van der Waals surface area contributed by atoms with Crippen LogP contribution in [0, 0.1) is 0 Å². The van der Waals surface area contributed by atoms with Crippen molar-refractivity contribution in [2.45, 2.75) is 34.5 Å². The molecule has 1 heterocycles. The quantitative estimate of drug-likeness (QED) is 0.164. The van der Waals surface area contributed by atoms with E-state index in [1.54, 1.807) is 0 Å². The van der Waals surface area contributed by atoms with Gasteiger partial charge in [-0.3, -0.25) is 0 Å². The topological polar surface area (TPSA) is 3.24 Å². The normalized spacial score (nSPS) is 14.1. The second-order valence-electron chi connectivity index (χ2n) is 18.4. The summed E-state index contributed by atoms with van der Waals surface area (Å²) >= 11 is 1.90. The lowest BCUT2D eigenvalue weighted by molar-refractivity contribution is 0.660. The van der Waals surface area contributed by atoms with Gasteiger partial charge in [-0.25, -0.2) is 0 Å². The molecule has 1 spiro atoms. The minimum atomic E-state index is -0.586. The fourth-order valence-electron chi connectivity index (χ4n) is 11.5. The van der Waals surface area contributed by atoms with Crippen LogP contribution in [0.4, 0.5) is 17.1 Å². The van der Waals surface area contributed by atoms with Crippen LogP contribution >= 0.6 is 11.8 Å². The van der Waals surface area contributed by atoms with Crippen molar-refractivity contribution in [1.29, 1.82) is 0 Å². The summed E-state index contributed by atoms with van der Waals surface area (Å²) in [5, 5.41) is 0. The Morgan fingerprint density at radius 1 is 0.303 bits per heavy atom. The Bertz CT molecular complexity index is 3430. The van der Waals surface area contributed by atoms with E-state index in [0.717, 1.165) is 17.1 Å². The van der Waals surface area contributed by atoms with Crippen molar-refractivity contribution in [3.63, 3.8) is 0 Å². The number of anilines is 3. The SMILES string of the molecule is CC1(C)c2ccccc2-c2ccc(N(c3ccccc3)c3ccc(-c4cccc5c4C4(c6cc(-c7ccccc7)ccc6Sc6ccc(-c7ccccc7)cc64)c4ccccc4-5)cc3)cc21. The molecule has 2 heteroatoms. The molecule has 0 amide bonds. The van der Waals surface area contributed by atoms with Crippen LogP contribution in [0.25, 0.3) is 55.6 Å². The maximum Gasteiger partial charge on any atom is 0.0741 e. The van der Waals surface area contributed by atoms with E-state index >= 15 is 0 Å². The van der Waals surface area contributed by atoms with Crippen LogP contribution in [0.3, 0.4) is 0 Å². The Balaban J connectivity index is 1.02. The van der Waals surface area contributed by atoms with Gasteiger partial charge in [-0.15, -0.1) is 0 Å². The summed E-state index contributed by atoms with van der Waals surface area (Å²) in [6.45, 7) is 4.72. The third-order valence-corrected chi connectivity index (χ3v) is 15.7. The third kappa shape index (κ3) is 5.74. The highest BCUT2D eigenvalue weighted by atomic mass is 32.2. The number of hydrogen-bond acceptors (Lipinski definition) is 2. The Hall–Kier alpha value is -7.65. The van der Waals surface area contributed by atoms with Crippen LogP contribution in [0.2, 0.25) is 0 Å². The van der Waals surface area contributed by atoms with Crippen molar-refractivity contribution in [3.05, 3.63) is 270 Å². The minimum Gasteiger partial charge on any atom is -0.310 e. The fourth-order valence-corrected chi connectivity index (χ4v) is 12.7. The number of nitrogens with zero attached hydrogens (tertiary/aromatic N) is 1. The molecule has 0 bridgehead atoms. The van der Waals surface area contributed by atoms with Gasteiger partial charge in [0.05, 0.1) is 5.41 Å². The highest BCUT2D eigenvalue weighted by Crippen LogP contribution is 2.64. The van der Waals surface area contributed by atoms with E-state index in [-0.39, 0.29) is 5.41 Å². The van der Waals surface area contributed by atoms with E-state index < -0.39 is 5.41 Å². The summed E-state index contributed by atoms with van der Waals surface area (Å²) in [4.78, 5) is 5.00. The van der Waals surface area contributed by atoms with Crippen LogP contribution in [-0.4, -0.2) is 0 Å². The molecule has 0 saturated heterocycles. The molecule has 0 atom stereocenters. The zero-order chi connectivity index (χ0) is 44.0. The van der Waals surface area contributed by atoms with Gasteiger partial charge in [0, 0.05) is 32.3 Å². The molecule has 0 N–H and O–H groups in total. The minimum absolute atomic E-state index is 0.103. The molecule has 312 valence electrons. The van der Waals surface area contributed by atoms with Crippen LogP contribution in [0.15, 0.2) is 246 Å². The Kier molecular flexibility index (Phi) is 8.79. The largest absolute Gasteiger partial charge is 0.310 e. The molecular formula is C64H45NS. The van der Waals surface area contributed by atoms with Gasteiger partial charge in [0.2, 0.25) is 0 Å². The Morgan fingerprint density at radius 2 is 0.773 bits per heavy atom. The molecule has 10 aromatic rings. The fraction of sp³-hybridized carbons (Fsp3) is 0.0625. The van der Waals surface area contributed by atoms with E-state index in [1.807, 2.05) is 11.8 Å². The van der Waals surface area contributed by atoms with Crippen molar-refractivity contribution in [2.75, 3.05) is 4.90 Å². The van der Waals surface area contributed by atoms with Crippen LogP contribution in [0.1, 0.15) is 47.2 Å². The lowest BCUT2D eigenvalue weighted by Crippen LogP contribution is -2.32. The van der Waals surface area contributed by atoms with Crippen molar-refractivity contribution >= 4 is 28.8 Å². The first-order valence-corrected chi connectivity index (χ1v) is 23.8. The maximum absolute atomic E-state index is 2.50. The van der Waals surface area contributed by atoms with Crippen molar-refractivity contribution in [3.8, 4) is 55.6 Å². The average molecular weight is 860 g/mol. The number of benzene rings is 10. The molecule has 10 aromatic carbocycles. The molecule has 0 saturated carbocycles. The molecule has 0 radical (unpaired) electrons. The first-order chi connectivity index (χ1) is 32.5.